The van der Waals surface area contributed by atoms with Crippen molar-refractivity contribution in [3.05, 3.63) is 172 Å². The van der Waals surface area contributed by atoms with Gasteiger partial charge in [0.25, 0.3) is 16.0 Å². The van der Waals surface area contributed by atoms with Crippen LogP contribution in [0.5, 0.6) is 0 Å². The van der Waals surface area contributed by atoms with E-state index < -0.39 is 39.6 Å². The van der Waals surface area contributed by atoms with Crippen LogP contribution in [0.2, 0.25) is 0 Å². The number of nitrogens with zero attached hydrogens (tertiary/aromatic N) is 4. The molecule has 0 saturated heterocycles. The smallest absolute Gasteiger partial charge is 0.407 e. The Morgan fingerprint density at radius 1 is 0.775 bits per heavy atom. The number of hydrogen-bond donors (Lipinski definition) is 9. The molecule has 24 heteroatoms. The number of benzene rings is 4. The van der Waals surface area contributed by atoms with Gasteiger partial charge in [0.2, 0.25) is 5.43 Å². The first-order valence-corrected chi connectivity index (χ1v) is 27.2. The van der Waals surface area contributed by atoms with Crippen molar-refractivity contribution in [2.75, 3.05) is 70.0 Å². The summed E-state index contributed by atoms with van der Waals surface area (Å²) in [6, 6.07) is 29.5. The van der Waals surface area contributed by atoms with Crippen LogP contribution in [-0.4, -0.2) is 127 Å². The number of rotatable bonds is 33. The highest BCUT2D eigenvalue weighted by atomic mass is 32.2. The van der Waals surface area contributed by atoms with Gasteiger partial charge in [0.15, 0.2) is 5.95 Å². The highest BCUT2D eigenvalue weighted by molar-refractivity contribution is 7.86. The van der Waals surface area contributed by atoms with Gasteiger partial charge in [-0.05, 0) is 71.5 Å². The van der Waals surface area contributed by atoms with E-state index in [-0.39, 0.29) is 35.7 Å². The van der Waals surface area contributed by atoms with Crippen molar-refractivity contribution < 1.29 is 51.4 Å². The molecule has 0 bridgehead atoms. The third-order valence-electron chi connectivity index (χ3n) is 12.2. The van der Waals surface area contributed by atoms with Gasteiger partial charge in [0.05, 0.1) is 38.2 Å². The lowest BCUT2D eigenvalue weighted by molar-refractivity contribution is -0.139. The van der Waals surface area contributed by atoms with Gasteiger partial charge in [-0.1, -0.05) is 78.9 Å². The quantitative estimate of drug-likeness (QED) is 0.0107. The molecule has 0 spiro atoms. The predicted octanol–water partition coefficient (Wildman–Crippen LogP) is 5.45. The maximum absolute atomic E-state index is 13.4. The lowest BCUT2D eigenvalue weighted by Crippen LogP contribution is -2.46. The minimum Gasteiger partial charge on any atom is -0.480 e. The number of carbonyl (C=O) groups excluding carboxylic acids is 2. The van der Waals surface area contributed by atoms with Crippen molar-refractivity contribution in [1.82, 2.24) is 40.8 Å². The van der Waals surface area contributed by atoms with Gasteiger partial charge in [-0.15, -0.1) is 0 Å². The van der Waals surface area contributed by atoms with E-state index in [0.717, 1.165) is 40.8 Å². The Morgan fingerprint density at radius 2 is 1.44 bits per heavy atom. The molecule has 80 heavy (non-hydrogen) atoms. The Balaban J connectivity index is 0.673. The number of aromatic nitrogens is 4. The summed E-state index contributed by atoms with van der Waals surface area (Å²) in [6.45, 7) is 5.18. The lowest BCUT2D eigenvalue weighted by atomic mass is 10.0. The number of aryl methyl sites for hydroxylation is 1. The number of carboxylic acid groups (broad SMARTS) is 1. The normalized spacial score (nSPS) is 11.9. The van der Waals surface area contributed by atoms with E-state index in [1.54, 1.807) is 48.3 Å². The van der Waals surface area contributed by atoms with Crippen LogP contribution in [0.4, 0.5) is 16.6 Å². The molecule has 0 fully saturated rings. The van der Waals surface area contributed by atoms with E-state index in [1.165, 1.54) is 36.8 Å². The summed E-state index contributed by atoms with van der Waals surface area (Å²) in [5.74, 6) is -0.797. The molecule has 422 valence electrons. The van der Waals surface area contributed by atoms with E-state index >= 15 is 0 Å². The van der Waals surface area contributed by atoms with Gasteiger partial charge in [-0.25, -0.2) is 14.8 Å². The number of carbonyl (C=O) groups is 3. The van der Waals surface area contributed by atoms with Crippen LogP contribution < -0.4 is 37.4 Å². The topological polar surface area (TPSA) is 311 Å². The van der Waals surface area contributed by atoms with Crippen molar-refractivity contribution in [2.24, 2.45) is 12.1 Å². The number of carboxylic acids is 1. The van der Waals surface area contributed by atoms with Crippen LogP contribution in [-0.2, 0) is 67.1 Å². The number of hydrazone groups is 1. The van der Waals surface area contributed by atoms with Crippen LogP contribution in [0.3, 0.4) is 0 Å². The van der Waals surface area contributed by atoms with E-state index in [0.29, 0.717) is 93.9 Å². The lowest BCUT2D eigenvalue weighted by Gasteiger charge is -2.16. The van der Waals surface area contributed by atoms with E-state index in [9.17, 15) is 37.3 Å². The highest BCUT2D eigenvalue weighted by Gasteiger charge is 2.21. The summed E-state index contributed by atoms with van der Waals surface area (Å²) in [5, 5.41) is 29.2. The summed E-state index contributed by atoms with van der Waals surface area (Å²) in [7, 11) is -2.65. The van der Waals surface area contributed by atoms with Crippen LogP contribution in [0.1, 0.15) is 51.0 Å². The van der Waals surface area contributed by atoms with E-state index in [1.807, 2.05) is 36.4 Å². The fraction of sp³-hybridized carbons (Fsp3) is 0.304. The van der Waals surface area contributed by atoms with E-state index in [4.69, 9.17) is 18.9 Å². The molecule has 7 aromatic rings. The summed E-state index contributed by atoms with van der Waals surface area (Å²) < 4.78 is 56.2. The Labute approximate surface area is 462 Å². The Bertz CT molecular complexity index is 3310. The average Bonchev–Trinajstić information content (AvgIpc) is 4.03. The predicted molar refractivity (Wildman–Crippen MR) is 301 cm³/mol. The molecule has 3 heterocycles. The molecule has 3 aromatic heterocycles. The molecule has 0 aliphatic heterocycles. The number of amides is 2. The number of nitrogens with one attached hydrogen (secondary N) is 7. The SMILES string of the molecule is Cn1cc(C(=O)NCC(NCc2ccc(-c3ccc(CNCCCOCCOCCOCCCNC(=O)OCc4ccc(N/N=C/c5ccccc5S(=O)(=O)O)nc4)cc3)cc2)C(=O)O)c(=O)c2ccc(CNc3ncc[nH]3)cc21. The Hall–Kier alpha value is -8.36. The number of hydrogen-bond acceptors (Lipinski definition) is 17. The number of ether oxygens (including phenoxy) is 4. The van der Waals surface area contributed by atoms with E-state index in [2.05, 4.69) is 76.3 Å². The molecule has 7 rings (SSSR count). The number of aromatic amines is 1. The fourth-order valence-corrected chi connectivity index (χ4v) is 8.63. The number of pyridine rings is 2. The summed E-state index contributed by atoms with van der Waals surface area (Å²) >= 11 is 0. The second kappa shape index (κ2) is 30.7. The van der Waals surface area contributed by atoms with Crippen molar-refractivity contribution in [1.29, 1.82) is 0 Å². The minimum absolute atomic E-state index is 0.00508. The summed E-state index contributed by atoms with van der Waals surface area (Å²) in [4.78, 5) is 61.8. The van der Waals surface area contributed by atoms with Gasteiger partial charge in [-0.2, -0.15) is 13.5 Å². The van der Waals surface area contributed by atoms with Gasteiger partial charge in [0.1, 0.15) is 28.9 Å². The number of anilines is 2. The molecule has 0 radical (unpaired) electrons. The van der Waals surface area contributed by atoms with Gasteiger partial charge in [0, 0.05) is 94.3 Å². The third kappa shape index (κ3) is 18.9. The zero-order valence-electron chi connectivity index (χ0n) is 44.1. The van der Waals surface area contributed by atoms with Crippen molar-refractivity contribution >= 4 is 57.0 Å². The first-order valence-electron chi connectivity index (χ1n) is 25.7. The minimum atomic E-state index is -4.40. The fourth-order valence-electron chi connectivity index (χ4n) is 7.96. The maximum atomic E-state index is 13.4. The zero-order chi connectivity index (χ0) is 56.5. The monoisotopic (exact) mass is 1120 g/mol. The molecule has 9 N–H and O–H groups in total. The molecule has 1 unspecified atom stereocenters. The zero-order valence-corrected chi connectivity index (χ0v) is 44.9. The van der Waals surface area contributed by atoms with Crippen LogP contribution in [0.15, 0.2) is 143 Å². The first-order chi connectivity index (χ1) is 38.8. The molecule has 0 aliphatic rings. The number of H-pyrrole nitrogens is 1. The van der Waals surface area contributed by atoms with Gasteiger partial charge < -0.3 is 54.9 Å². The highest BCUT2D eigenvalue weighted by Crippen LogP contribution is 2.21. The molecule has 23 nitrogen and oxygen atoms in total. The molecule has 1 atom stereocenters. The molecule has 0 aliphatic carbocycles. The Kier molecular flexibility index (Phi) is 22.8. The number of alkyl carbamates (subject to hydrolysis) is 1. The van der Waals surface area contributed by atoms with Gasteiger partial charge >= 0.3 is 12.1 Å². The van der Waals surface area contributed by atoms with Crippen LogP contribution >= 0.6 is 0 Å². The Morgan fingerprint density at radius 3 is 2.10 bits per heavy atom. The first kappa shape index (κ1) is 59.3. The van der Waals surface area contributed by atoms with Crippen molar-refractivity contribution in [3.63, 3.8) is 0 Å². The number of aliphatic carboxylic acids is 1. The number of fused-ring (bicyclic) bond motifs is 1. The standard InChI is InChI=1S/C56H65N11O12S/c1-67-37-47(52(68)46-18-12-41(30-49(46)67)33-64-55-58-22-23-59-55)53(69)63-36-48(54(70)71)61-32-40-10-16-44(17-11-40)43-14-8-39(9-15-43)31-57-20-4-24-76-26-28-78-29-27-77-25-5-21-60-56(72)79-38-42-13-19-51(62-34-42)66-65-35-45-6-2-3-7-50(45)80(73,74)75/h2-3,6-19,22-23,30,34-35,37,48,57,61H,4-5,20-21,24-29,31-33,36,38H2,1H3,(H,60,72)(H,62,66)(H,63,69)(H,70,71)(H2,58,59,64)(H,73,74,75)/b65-35+. The van der Waals surface area contributed by atoms with Gasteiger partial charge in [-0.3, -0.25) is 29.7 Å². The molecule has 2 amide bonds. The largest absolute Gasteiger partial charge is 0.480 e. The molecule has 0 saturated carbocycles. The molecular weight excluding hydrogens is 1050 g/mol. The van der Waals surface area contributed by atoms with Crippen molar-refractivity contribution in [3.8, 4) is 11.1 Å². The van der Waals surface area contributed by atoms with Crippen molar-refractivity contribution in [2.45, 2.75) is 50.0 Å². The third-order valence-corrected chi connectivity index (χ3v) is 13.2. The number of imidazole rings is 1. The maximum Gasteiger partial charge on any atom is 0.407 e. The summed E-state index contributed by atoms with van der Waals surface area (Å²) in [6.07, 6.45) is 8.44. The van der Waals surface area contributed by atoms with Crippen LogP contribution in [0.25, 0.3) is 22.0 Å². The van der Waals surface area contributed by atoms with Crippen LogP contribution in [0, 0.1) is 0 Å². The molecular formula is C56H65N11O12S. The second-order valence-electron chi connectivity index (χ2n) is 18.2. The second-order valence-corrected chi connectivity index (χ2v) is 19.5. The molecule has 4 aromatic carbocycles. The average molecular weight is 1120 g/mol. The summed E-state index contributed by atoms with van der Waals surface area (Å²) in [5.41, 5.74) is 8.63.